The Morgan fingerprint density at radius 1 is 0.500 bits per heavy atom. The van der Waals surface area contributed by atoms with Crippen molar-refractivity contribution < 1.29 is 8.78 Å². The van der Waals surface area contributed by atoms with E-state index in [1.807, 2.05) is 22.8 Å². The Hall–Kier alpha value is -7.76. The van der Waals surface area contributed by atoms with E-state index in [2.05, 4.69) is 181 Å². The molecule has 0 radical (unpaired) electrons. The van der Waals surface area contributed by atoms with Crippen LogP contribution in [0, 0.1) is 11.6 Å². The summed E-state index contributed by atoms with van der Waals surface area (Å²) in [7, 11) is 0. The van der Waals surface area contributed by atoms with Gasteiger partial charge in [-0.15, -0.1) is 0 Å². The number of nitrogens with zero attached hydrogens (tertiary/aromatic N) is 3. The molecule has 0 amide bonds. The van der Waals surface area contributed by atoms with Crippen LogP contribution in [-0.2, 0) is 5.41 Å². The third-order valence-corrected chi connectivity index (χ3v) is 14.1. The Labute approximate surface area is 370 Å². The molecular weight excluding hydrogens is 789 g/mol. The van der Waals surface area contributed by atoms with Crippen LogP contribution in [0.1, 0.15) is 53.6 Å². The van der Waals surface area contributed by atoms with Crippen LogP contribution in [-0.4, -0.2) is 10.6 Å². The third-order valence-electron chi connectivity index (χ3n) is 14.1. The van der Waals surface area contributed by atoms with Crippen molar-refractivity contribution in [3.05, 3.63) is 227 Å². The van der Waals surface area contributed by atoms with Crippen molar-refractivity contribution in [2.75, 3.05) is 9.80 Å². The fraction of sp³-hybridized carbons (Fsp3) is 0.0847. The van der Waals surface area contributed by atoms with Crippen molar-refractivity contribution in [1.82, 2.24) is 4.57 Å². The standard InChI is InChI=1S/C59H41F2N3/c1-59(2)51-17-9-6-14-45(51)46-26-24-43(34-52(46)59)63-53-27-23-36(37-22-25-49-47-15-7-10-18-54(47)62(57(49)29-37)42-12-4-3-5-13-42)28-38(53)20-21-39-30-58-50(35-56(39)63)48-16-8-11-19-55(48)64(58)44-32-40(60)31-41(61)33-44/h3-28,30-35,57H,29H2,1-2H3. The van der Waals surface area contributed by atoms with Crippen LogP contribution in [0.3, 0.4) is 0 Å². The number of allylic oxidation sites excluding steroid dienone is 2. The number of para-hydroxylation sites is 3. The van der Waals surface area contributed by atoms with Gasteiger partial charge in [-0.25, -0.2) is 8.78 Å². The van der Waals surface area contributed by atoms with Gasteiger partial charge in [0.25, 0.3) is 0 Å². The van der Waals surface area contributed by atoms with Gasteiger partial charge in [0.1, 0.15) is 11.6 Å². The minimum absolute atomic E-state index is 0.175. The van der Waals surface area contributed by atoms with Gasteiger partial charge in [0.05, 0.1) is 34.1 Å². The zero-order valence-electron chi connectivity index (χ0n) is 35.4. The number of benzene rings is 8. The smallest absolute Gasteiger partial charge is 0.128 e. The van der Waals surface area contributed by atoms with E-state index < -0.39 is 11.6 Å². The minimum atomic E-state index is -0.611. The second-order valence-electron chi connectivity index (χ2n) is 18.0. The summed E-state index contributed by atoms with van der Waals surface area (Å²) in [6.45, 7) is 4.65. The zero-order valence-corrected chi connectivity index (χ0v) is 35.4. The lowest BCUT2D eigenvalue weighted by Crippen LogP contribution is -2.28. The Kier molecular flexibility index (Phi) is 7.84. The lowest BCUT2D eigenvalue weighted by molar-refractivity contribution is 0.582. The van der Waals surface area contributed by atoms with E-state index in [1.54, 1.807) is 0 Å². The largest absolute Gasteiger partial charge is 0.333 e. The van der Waals surface area contributed by atoms with Gasteiger partial charge in [0.15, 0.2) is 0 Å². The predicted molar refractivity (Wildman–Crippen MR) is 261 cm³/mol. The summed E-state index contributed by atoms with van der Waals surface area (Å²) in [5, 5.41) is 2.01. The van der Waals surface area contributed by atoms with Gasteiger partial charge in [0.2, 0.25) is 0 Å². The monoisotopic (exact) mass is 829 g/mol. The van der Waals surface area contributed by atoms with Gasteiger partial charge < -0.3 is 14.4 Å². The molecule has 8 aromatic carbocycles. The summed E-state index contributed by atoms with van der Waals surface area (Å²) < 4.78 is 31.8. The average Bonchev–Trinajstić information content (AvgIpc) is 3.86. The molecule has 0 saturated carbocycles. The van der Waals surface area contributed by atoms with Crippen molar-refractivity contribution in [3.8, 4) is 16.8 Å². The molecule has 3 nitrogen and oxygen atoms in total. The van der Waals surface area contributed by atoms with Crippen molar-refractivity contribution in [2.45, 2.75) is 31.7 Å². The molecule has 64 heavy (non-hydrogen) atoms. The molecule has 5 heteroatoms. The van der Waals surface area contributed by atoms with Crippen LogP contribution in [0.15, 0.2) is 182 Å². The Bertz CT molecular complexity index is 3530. The number of halogens is 2. The summed E-state index contributed by atoms with van der Waals surface area (Å²) in [4.78, 5) is 4.92. The second kappa shape index (κ2) is 13.6. The molecule has 1 atom stereocenters. The van der Waals surface area contributed by atoms with E-state index in [1.165, 1.54) is 68.0 Å². The summed E-state index contributed by atoms with van der Waals surface area (Å²) in [5.74, 6) is -1.22. The van der Waals surface area contributed by atoms with Crippen molar-refractivity contribution in [1.29, 1.82) is 0 Å². The first-order valence-electron chi connectivity index (χ1n) is 22.1. The topological polar surface area (TPSA) is 11.4 Å². The fourth-order valence-corrected chi connectivity index (χ4v) is 11.2. The molecule has 2 aliphatic heterocycles. The Balaban J connectivity index is 0.994. The van der Waals surface area contributed by atoms with Crippen LogP contribution < -0.4 is 9.80 Å². The highest BCUT2D eigenvalue weighted by atomic mass is 19.1. The number of fused-ring (bicyclic) bond motifs is 11. The first-order chi connectivity index (χ1) is 31.3. The van der Waals surface area contributed by atoms with Gasteiger partial charge in [-0.2, -0.15) is 0 Å². The molecule has 1 aromatic heterocycles. The van der Waals surface area contributed by atoms with Crippen LogP contribution in [0.5, 0.6) is 0 Å². The van der Waals surface area contributed by atoms with E-state index in [4.69, 9.17) is 0 Å². The van der Waals surface area contributed by atoms with Crippen molar-refractivity contribution >= 4 is 73.5 Å². The number of rotatable bonds is 4. The first-order valence-corrected chi connectivity index (χ1v) is 22.1. The van der Waals surface area contributed by atoms with E-state index in [0.717, 1.165) is 62.5 Å². The fourth-order valence-electron chi connectivity index (χ4n) is 11.2. The van der Waals surface area contributed by atoms with Gasteiger partial charge in [0, 0.05) is 50.4 Å². The van der Waals surface area contributed by atoms with Crippen LogP contribution in [0.4, 0.5) is 37.2 Å². The molecule has 1 unspecified atom stereocenters. The maximum atomic E-state index is 14.9. The van der Waals surface area contributed by atoms with Crippen LogP contribution in [0.25, 0.3) is 61.9 Å². The number of hydrogen-bond acceptors (Lipinski definition) is 2. The number of anilines is 5. The molecule has 306 valence electrons. The third kappa shape index (κ3) is 5.37. The average molecular weight is 830 g/mol. The molecule has 13 rings (SSSR count). The molecule has 9 aromatic rings. The van der Waals surface area contributed by atoms with E-state index in [0.29, 0.717) is 5.69 Å². The van der Waals surface area contributed by atoms with Gasteiger partial charge >= 0.3 is 0 Å². The Morgan fingerprint density at radius 2 is 1.22 bits per heavy atom. The van der Waals surface area contributed by atoms with Gasteiger partial charge in [-0.05, 0) is 124 Å². The minimum Gasteiger partial charge on any atom is -0.333 e. The molecule has 3 heterocycles. The lowest BCUT2D eigenvalue weighted by Gasteiger charge is -2.31. The van der Waals surface area contributed by atoms with Crippen molar-refractivity contribution in [3.63, 3.8) is 0 Å². The lowest BCUT2D eigenvalue weighted by atomic mass is 9.82. The number of aromatic nitrogens is 1. The molecule has 4 aliphatic rings. The number of hydrogen-bond donors (Lipinski definition) is 0. The SMILES string of the molecule is CC1(C)c2ccccc2-c2ccc(N3c4ccc(C5=CC=C6c7ccccc7N(c7ccccc7)C6C5)cc4C=Cc4cc5c(cc43)c3ccccc3n5-c3cc(F)cc(F)c3)cc21. The highest BCUT2D eigenvalue weighted by molar-refractivity contribution is 6.13. The zero-order chi connectivity index (χ0) is 42.8. The molecular formula is C59H41F2N3. The van der Waals surface area contributed by atoms with E-state index >= 15 is 0 Å². The molecule has 0 N–H and O–H groups in total. The Morgan fingerprint density at radius 3 is 2.06 bits per heavy atom. The van der Waals surface area contributed by atoms with E-state index in [-0.39, 0.29) is 11.5 Å². The van der Waals surface area contributed by atoms with Gasteiger partial charge in [-0.3, -0.25) is 0 Å². The summed E-state index contributed by atoms with van der Waals surface area (Å²) in [6.07, 6.45) is 9.95. The maximum absolute atomic E-state index is 14.9. The summed E-state index contributed by atoms with van der Waals surface area (Å²) in [5.41, 5.74) is 20.0. The van der Waals surface area contributed by atoms with Crippen molar-refractivity contribution in [2.24, 2.45) is 0 Å². The van der Waals surface area contributed by atoms with Crippen LogP contribution >= 0.6 is 0 Å². The highest BCUT2D eigenvalue weighted by Crippen LogP contribution is 2.53. The first kappa shape index (κ1) is 36.9. The molecule has 0 fully saturated rings. The maximum Gasteiger partial charge on any atom is 0.128 e. The molecule has 0 saturated heterocycles. The molecule has 0 bridgehead atoms. The van der Waals surface area contributed by atoms with Gasteiger partial charge in [-0.1, -0.05) is 129 Å². The summed E-state index contributed by atoms with van der Waals surface area (Å²) >= 11 is 0. The highest BCUT2D eigenvalue weighted by Gasteiger charge is 2.38. The van der Waals surface area contributed by atoms with E-state index in [9.17, 15) is 8.78 Å². The normalized spacial score (nSPS) is 16.4. The predicted octanol–water partition coefficient (Wildman–Crippen LogP) is 15.7. The quantitative estimate of drug-likeness (QED) is 0.175. The second-order valence-corrected chi connectivity index (χ2v) is 18.0. The molecule has 2 aliphatic carbocycles. The summed E-state index contributed by atoms with van der Waals surface area (Å²) in [6, 6.07) is 58.6. The molecule has 0 spiro atoms. The van der Waals surface area contributed by atoms with Crippen LogP contribution in [0.2, 0.25) is 0 Å².